The minimum absolute atomic E-state index is 0.223. The number of carbonyl (C=O) groups excluding carboxylic acids is 2. The summed E-state index contributed by atoms with van der Waals surface area (Å²) in [7, 11) is 2.55. The third-order valence-electron chi connectivity index (χ3n) is 5.07. The van der Waals surface area contributed by atoms with E-state index in [4.69, 9.17) is 44.9 Å². The van der Waals surface area contributed by atoms with Gasteiger partial charge >= 0.3 is 11.9 Å². The Balaban J connectivity index is 1.83. The number of nitrogens with zero attached hydrogens (tertiary/aromatic N) is 2. The van der Waals surface area contributed by atoms with E-state index in [1.165, 1.54) is 14.2 Å². The van der Waals surface area contributed by atoms with E-state index in [2.05, 4.69) is 15.7 Å². The van der Waals surface area contributed by atoms with Crippen LogP contribution in [0.2, 0.25) is 10.0 Å². The number of hydrogen-bond acceptors (Lipinski definition) is 7. The lowest BCUT2D eigenvalue weighted by Gasteiger charge is -2.11. The topological polar surface area (TPSA) is 94.5 Å². The van der Waals surface area contributed by atoms with Gasteiger partial charge in [-0.2, -0.15) is 5.10 Å². The quantitative estimate of drug-likeness (QED) is 0.308. The molecule has 3 aromatic rings. The number of esters is 2. The lowest BCUT2D eigenvalue weighted by molar-refractivity contribution is 0.0601. The second kappa shape index (κ2) is 10.7. The Kier molecular flexibility index (Phi) is 8.19. The monoisotopic (exact) mass is 540 g/mol. The first kappa shape index (κ1) is 26.0. The summed E-state index contributed by atoms with van der Waals surface area (Å²) in [6.07, 6.45) is 0. The van der Waals surface area contributed by atoms with E-state index in [1.54, 1.807) is 19.1 Å². The van der Waals surface area contributed by atoms with Gasteiger partial charge in [-0.05, 0) is 56.2 Å². The van der Waals surface area contributed by atoms with Crippen molar-refractivity contribution in [2.45, 2.75) is 27.3 Å². The first-order valence-electron chi connectivity index (χ1n) is 9.93. The second-order valence-corrected chi connectivity index (χ2v) is 9.52. The lowest BCUT2D eigenvalue weighted by Crippen LogP contribution is -2.21. The first-order chi connectivity index (χ1) is 16.1. The number of halogens is 2. The molecule has 0 saturated carbocycles. The molecule has 8 nitrogen and oxygen atoms in total. The fraction of sp³-hybridized carbons (Fsp3) is 0.273. The van der Waals surface area contributed by atoms with Crippen molar-refractivity contribution < 1.29 is 19.1 Å². The highest BCUT2D eigenvalue weighted by Crippen LogP contribution is 2.34. The first-order valence-corrected chi connectivity index (χ1v) is 11.9. The number of nitrogens with one attached hydrogen (secondary N) is 2. The number of aromatic nitrogens is 2. The number of ether oxygens (including phenoxy) is 2. The Morgan fingerprint density at radius 1 is 1.09 bits per heavy atom. The van der Waals surface area contributed by atoms with Gasteiger partial charge in [-0.1, -0.05) is 29.3 Å². The zero-order chi connectivity index (χ0) is 25.2. The molecule has 3 rings (SSSR count). The number of thiocarbonyl (C=S) groups is 1. The van der Waals surface area contributed by atoms with Crippen molar-refractivity contribution in [2.75, 3.05) is 24.9 Å². The van der Waals surface area contributed by atoms with Crippen LogP contribution in [0.15, 0.2) is 18.2 Å². The van der Waals surface area contributed by atoms with Crippen LogP contribution in [-0.4, -0.2) is 41.1 Å². The van der Waals surface area contributed by atoms with Gasteiger partial charge in [-0.15, -0.1) is 11.3 Å². The van der Waals surface area contributed by atoms with Crippen molar-refractivity contribution in [1.29, 1.82) is 0 Å². The Hall–Kier alpha value is -2.66. The minimum Gasteiger partial charge on any atom is -0.465 e. The molecule has 0 atom stereocenters. The van der Waals surface area contributed by atoms with Crippen molar-refractivity contribution >= 4 is 74.5 Å². The molecule has 12 heteroatoms. The van der Waals surface area contributed by atoms with Crippen molar-refractivity contribution in [3.63, 3.8) is 0 Å². The molecule has 34 heavy (non-hydrogen) atoms. The van der Waals surface area contributed by atoms with Crippen molar-refractivity contribution in [3.05, 3.63) is 61.2 Å². The van der Waals surface area contributed by atoms with Gasteiger partial charge in [0.05, 0.1) is 53.4 Å². The summed E-state index contributed by atoms with van der Waals surface area (Å²) in [4.78, 5) is 24.7. The number of thiophene rings is 1. The minimum atomic E-state index is -0.587. The standard InChI is InChI=1S/C22H22Cl2N4O4S2/c1-10-16(20(29)31-4)19(34-18(10)21(30)32-5)26-22(33)25-17-11(2)27-28(12(17)3)9-13-6-7-14(23)15(24)8-13/h6-8H,9H2,1-5H3,(H2,25,26,33). The Bertz CT molecular complexity index is 1290. The molecule has 0 aliphatic carbocycles. The highest BCUT2D eigenvalue weighted by atomic mass is 35.5. The Morgan fingerprint density at radius 2 is 1.76 bits per heavy atom. The normalized spacial score (nSPS) is 10.7. The zero-order valence-corrected chi connectivity index (χ0v) is 22.2. The zero-order valence-electron chi connectivity index (χ0n) is 19.0. The van der Waals surface area contributed by atoms with Gasteiger partial charge in [0.15, 0.2) is 5.11 Å². The molecule has 0 aliphatic rings. The lowest BCUT2D eigenvalue weighted by atomic mass is 10.1. The van der Waals surface area contributed by atoms with Crippen molar-refractivity contribution in [1.82, 2.24) is 9.78 Å². The van der Waals surface area contributed by atoms with Crippen LogP contribution >= 0.6 is 46.8 Å². The summed E-state index contributed by atoms with van der Waals surface area (Å²) in [6.45, 7) is 5.91. The third-order valence-corrected chi connectivity index (χ3v) is 7.20. The SMILES string of the molecule is COC(=O)c1sc(NC(=S)Nc2c(C)nn(Cc3ccc(Cl)c(Cl)c3)c2C)c(C(=O)OC)c1C. The predicted octanol–water partition coefficient (Wildman–Crippen LogP) is 5.61. The summed E-state index contributed by atoms with van der Waals surface area (Å²) >= 11 is 18.7. The molecule has 2 N–H and O–H groups in total. The van der Waals surface area contributed by atoms with Crippen molar-refractivity contribution in [2.24, 2.45) is 0 Å². The van der Waals surface area contributed by atoms with Crippen LogP contribution in [-0.2, 0) is 16.0 Å². The molecular weight excluding hydrogens is 519 g/mol. The fourth-order valence-corrected chi connectivity index (χ4v) is 5.03. The van der Waals surface area contributed by atoms with E-state index in [-0.39, 0.29) is 15.6 Å². The van der Waals surface area contributed by atoms with Crippen LogP contribution in [0.3, 0.4) is 0 Å². The van der Waals surface area contributed by atoms with E-state index >= 15 is 0 Å². The molecule has 1 aromatic carbocycles. The number of methoxy groups -OCH3 is 2. The average Bonchev–Trinajstić information content (AvgIpc) is 3.25. The van der Waals surface area contributed by atoms with E-state index in [1.807, 2.05) is 24.6 Å². The third kappa shape index (κ3) is 5.35. The summed E-state index contributed by atoms with van der Waals surface area (Å²) in [5, 5.41) is 12.3. The van der Waals surface area contributed by atoms with Crippen LogP contribution < -0.4 is 10.6 Å². The maximum Gasteiger partial charge on any atom is 0.348 e. The van der Waals surface area contributed by atoms with Gasteiger partial charge < -0.3 is 20.1 Å². The molecule has 2 heterocycles. The smallest absolute Gasteiger partial charge is 0.348 e. The largest absolute Gasteiger partial charge is 0.465 e. The predicted molar refractivity (Wildman–Crippen MR) is 139 cm³/mol. The molecule has 0 radical (unpaired) electrons. The highest BCUT2D eigenvalue weighted by molar-refractivity contribution is 7.80. The van der Waals surface area contributed by atoms with E-state index in [0.717, 1.165) is 34.0 Å². The Morgan fingerprint density at radius 3 is 2.38 bits per heavy atom. The number of aryl methyl sites for hydroxylation is 1. The maximum atomic E-state index is 12.3. The van der Waals surface area contributed by atoms with Gasteiger partial charge in [0.25, 0.3) is 0 Å². The van der Waals surface area contributed by atoms with E-state index in [0.29, 0.717) is 27.2 Å². The summed E-state index contributed by atoms with van der Waals surface area (Å²) in [5.41, 5.74) is 3.92. The van der Waals surface area contributed by atoms with E-state index < -0.39 is 11.9 Å². The van der Waals surface area contributed by atoms with Gasteiger partial charge in [0.2, 0.25) is 0 Å². The molecular formula is C22H22Cl2N4O4S2. The average molecular weight is 541 g/mol. The fourth-order valence-electron chi connectivity index (χ4n) is 3.33. The number of carbonyl (C=O) groups is 2. The van der Waals surface area contributed by atoms with Gasteiger partial charge in [0, 0.05) is 0 Å². The molecule has 0 aliphatic heterocycles. The van der Waals surface area contributed by atoms with Crippen LogP contribution in [0.5, 0.6) is 0 Å². The molecule has 0 saturated heterocycles. The summed E-state index contributed by atoms with van der Waals surface area (Å²) < 4.78 is 11.5. The molecule has 0 unspecified atom stereocenters. The van der Waals surface area contributed by atoms with Crippen LogP contribution in [0.25, 0.3) is 0 Å². The van der Waals surface area contributed by atoms with Gasteiger partial charge in [-0.25, -0.2) is 9.59 Å². The molecule has 0 bridgehead atoms. The van der Waals surface area contributed by atoms with Gasteiger partial charge in [0.1, 0.15) is 9.88 Å². The maximum absolute atomic E-state index is 12.3. The molecule has 180 valence electrons. The van der Waals surface area contributed by atoms with Crippen LogP contribution in [0.4, 0.5) is 10.7 Å². The number of anilines is 2. The highest BCUT2D eigenvalue weighted by Gasteiger charge is 2.26. The van der Waals surface area contributed by atoms with E-state index in [9.17, 15) is 9.59 Å². The van der Waals surface area contributed by atoms with Gasteiger partial charge in [-0.3, -0.25) is 4.68 Å². The number of hydrogen-bond donors (Lipinski definition) is 2. The second-order valence-electron chi connectivity index (χ2n) is 7.27. The summed E-state index contributed by atoms with van der Waals surface area (Å²) in [5.74, 6) is -1.13. The molecule has 0 amide bonds. The van der Waals surface area contributed by atoms with Crippen molar-refractivity contribution in [3.8, 4) is 0 Å². The summed E-state index contributed by atoms with van der Waals surface area (Å²) in [6, 6.07) is 5.43. The molecule has 0 fully saturated rings. The molecule has 0 spiro atoms. The van der Waals surface area contributed by atoms with Crippen LogP contribution in [0.1, 0.15) is 42.5 Å². The Labute approximate surface area is 216 Å². The molecule has 2 aromatic heterocycles. The number of rotatable bonds is 6. The number of benzene rings is 1. The van der Waals surface area contributed by atoms with Crippen LogP contribution in [0, 0.1) is 20.8 Å².